The van der Waals surface area contributed by atoms with Crippen molar-refractivity contribution >= 4 is 11.3 Å². The number of aliphatic hydroxyl groups is 1. The van der Waals surface area contributed by atoms with Crippen LogP contribution in [0.15, 0.2) is 29.0 Å². The maximum atomic E-state index is 9.63. The first-order valence-electron chi connectivity index (χ1n) is 4.52. The normalized spacial score (nSPS) is 12.8. The fourth-order valence-corrected chi connectivity index (χ4v) is 1.88. The van der Waals surface area contributed by atoms with Gasteiger partial charge in [-0.05, 0) is 48.6 Å². The summed E-state index contributed by atoms with van der Waals surface area (Å²) < 4.78 is 0. The summed E-state index contributed by atoms with van der Waals surface area (Å²) in [6.45, 7) is 5.81. The molecule has 0 radical (unpaired) electrons. The lowest BCUT2D eigenvalue weighted by molar-refractivity contribution is 0.165. The number of thiophene rings is 1. The molecular formula is C11H16OS. The van der Waals surface area contributed by atoms with Gasteiger partial charge < -0.3 is 5.11 Å². The second-order valence-electron chi connectivity index (χ2n) is 3.49. The lowest BCUT2D eigenvalue weighted by Gasteiger charge is -2.08. The van der Waals surface area contributed by atoms with E-state index in [4.69, 9.17) is 0 Å². The van der Waals surface area contributed by atoms with Crippen LogP contribution in [0.4, 0.5) is 0 Å². The van der Waals surface area contributed by atoms with Gasteiger partial charge in [-0.25, -0.2) is 0 Å². The molecule has 1 atom stereocenters. The van der Waals surface area contributed by atoms with E-state index in [2.05, 4.69) is 18.0 Å². The zero-order valence-corrected chi connectivity index (χ0v) is 8.81. The average molecular weight is 196 g/mol. The molecule has 1 aromatic heterocycles. The molecule has 0 aromatic carbocycles. The number of allylic oxidation sites excluding steroid dienone is 1. The molecule has 0 aliphatic rings. The Kier molecular flexibility index (Phi) is 4.19. The van der Waals surface area contributed by atoms with Gasteiger partial charge in [0.05, 0.1) is 6.10 Å². The Labute approximate surface area is 83.7 Å². The van der Waals surface area contributed by atoms with E-state index in [1.807, 2.05) is 12.3 Å². The third-order valence-electron chi connectivity index (χ3n) is 1.96. The summed E-state index contributed by atoms with van der Waals surface area (Å²) in [6.07, 6.45) is 2.30. The van der Waals surface area contributed by atoms with Crippen molar-refractivity contribution in [3.63, 3.8) is 0 Å². The molecule has 1 unspecified atom stereocenters. The molecule has 0 spiro atoms. The second kappa shape index (κ2) is 5.20. The van der Waals surface area contributed by atoms with Crippen molar-refractivity contribution in [2.24, 2.45) is 0 Å². The summed E-state index contributed by atoms with van der Waals surface area (Å²) >= 11 is 1.68. The molecule has 0 saturated carbocycles. The lowest BCUT2D eigenvalue weighted by Crippen LogP contribution is -2.09. The van der Waals surface area contributed by atoms with Crippen molar-refractivity contribution in [2.75, 3.05) is 0 Å². The largest absolute Gasteiger partial charge is 0.393 e. The maximum absolute atomic E-state index is 9.63. The van der Waals surface area contributed by atoms with Crippen molar-refractivity contribution in [3.05, 3.63) is 34.5 Å². The summed E-state index contributed by atoms with van der Waals surface area (Å²) in [4.78, 5) is 0. The SMILES string of the molecule is C=C(C)CCC(O)Cc1ccsc1. The molecule has 1 rings (SSSR count). The molecule has 0 fully saturated rings. The molecule has 13 heavy (non-hydrogen) atoms. The fourth-order valence-electron chi connectivity index (χ4n) is 1.20. The first kappa shape index (κ1) is 10.5. The highest BCUT2D eigenvalue weighted by atomic mass is 32.1. The molecule has 0 amide bonds. The van der Waals surface area contributed by atoms with Gasteiger partial charge >= 0.3 is 0 Å². The predicted octanol–water partition coefficient (Wildman–Crippen LogP) is 3.01. The van der Waals surface area contributed by atoms with Crippen molar-refractivity contribution in [3.8, 4) is 0 Å². The van der Waals surface area contributed by atoms with E-state index in [-0.39, 0.29) is 6.10 Å². The molecule has 2 heteroatoms. The van der Waals surface area contributed by atoms with Crippen LogP contribution in [0.1, 0.15) is 25.3 Å². The van der Waals surface area contributed by atoms with E-state index in [9.17, 15) is 5.11 Å². The van der Waals surface area contributed by atoms with Gasteiger partial charge in [0.25, 0.3) is 0 Å². The minimum atomic E-state index is -0.216. The van der Waals surface area contributed by atoms with Crippen LogP contribution in [0.2, 0.25) is 0 Å². The van der Waals surface area contributed by atoms with Crippen molar-refractivity contribution < 1.29 is 5.11 Å². The molecule has 1 aromatic rings. The first-order chi connectivity index (χ1) is 6.18. The summed E-state index contributed by atoms with van der Waals surface area (Å²) in [6, 6.07) is 2.06. The highest BCUT2D eigenvalue weighted by Gasteiger charge is 2.05. The highest BCUT2D eigenvalue weighted by Crippen LogP contribution is 2.12. The van der Waals surface area contributed by atoms with E-state index in [0.29, 0.717) is 0 Å². The minimum absolute atomic E-state index is 0.216. The van der Waals surface area contributed by atoms with Crippen LogP contribution in [-0.2, 0) is 6.42 Å². The maximum Gasteiger partial charge on any atom is 0.0583 e. The van der Waals surface area contributed by atoms with Gasteiger partial charge in [0, 0.05) is 0 Å². The van der Waals surface area contributed by atoms with E-state index >= 15 is 0 Å². The fraction of sp³-hybridized carbons (Fsp3) is 0.455. The number of aliphatic hydroxyl groups excluding tert-OH is 1. The van der Waals surface area contributed by atoms with Crippen LogP contribution in [0.5, 0.6) is 0 Å². The predicted molar refractivity (Wildman–Crippen MR) is 58.1 cm³/mol. The van der Waals surface area contributed by atoms with E-state index in [0.717, 1.165) is 24.8 Å². The Hall–Kier alpha value is -0.600. The second-order valence-corrected chi connectivity index (χ2v) is 4.27. The van der Waals surface area contributed by atoms with E-state index in [1.165, 1.54) is 5.56 Å². The van der Waals surface area contributed by atoms with Crippen LogP contribution >= 0.6 is 11.3 Å². The smallest absolute Gasteiger partial charge is 0.0583 e. The highest BCUT2D eigenvalue weighted by molar-refractivity contribution is 7.07. The third kappa shape index (κ3) is 4.25. The van der Waals surface area contributed by atoms with E-state index < -0.39 is 0 Å². The zero-order chi connectivity index (χ0) is 9.68. The van der Waals surface area contributed by atoms with Gasteiger partial charge in [-0.15, -0.1) is 6.58 Å². The Balaban J connectivity index is 2.25. The molecule has 1 heterocycles. The van der Waals surface area contributed by atoms with Crippen molar-refractivity contribution in [2.45, 2.75) is 32.3 Å². The Morgan fingerprint density at radius 3 is 3.00 bits per heavy atom. The molecule has 0 bridgehead atoms. The van der Waals surface area contributed by atoms with E-state index in [1.54, 1.807) is 11.3 Å². The van der Waals surface area contributed by atoms with Crippen LogP contribution in [0.25, 0.3) is 0 Å². The summed E-state index contributed by atoms with van der Waals surface area (Å²) in [7, 11) is 0. The topological polar surface area (TPSA) is 20.2 Å². The summed E-state index contributed by atoms with van der Waals surface area (Å²) in [5, 5.41) is 13.8. The monoisotopic (exact) mass is 196 g/mol. The molecule has 1 N–H and O–H groups in total. The van der Waals surface area contributed by atoms with Gasteiger partial charge in [0.15, 0.2) is 0 Å². The number of hydrogen-bond acceptors (Lipinski definition) is 2. The van der Waals surface area contributed by atoms with Crippen LogP contribution in [0.3, 0.4) is 0 Å². The van der Waals surface area contributed by atoms with Crippen molar-refractivity contribution in [1.82, 2.24) is 0 Å². The van der Waals surface area contributed by atoms with Gasteiger partial charge in [-0.2, -0.15) is 11.3 Å². The lowest BCUT2D eigenvalue weighted by atomic mass is 10.0. The number of hydrogen-bond donors (Lipinski definition) is 1. The van der Waals surface area contributed by atoms with Crippen LogP contribution in [-0.4, -0.2) is 11.2 Å². The van der Waals surface area contributed by atoms with Gasteiger partial charge in [0.1, 0.15) is 0 Å². The Morgan fingerprint density at radius 2 is 2.46 bits per heavy atom. The average Bonchev–Trinajstić information content (AvgIpc) is 2.53. The van der Waals surface area contributed by atoms with Gasteiger partial charge in [-0.3, -0.25) is 0 Å². The molecule has 72 valence electrons. The summed E-state index contributed by atoms with van der Waals surface area (Å²) in [5.41, 5.74) is 2.38. The molecule has 1 nitrogen and oxygen atoms in total. The standard InChI is InChI=1S/C11H16OS/c1-9(2)3-4-11(12)7-10-5-6-13-8-10/h5-6,8,11-12H,1,3-4,7H2,2H3. The van der Waals surface area contributed by atoms with Crippen LogP contribution in [0, 0.1) is 0 Å². The number of rotatable bonds is 5. The Morgan fingerprint density at radius 1 is 1.69 bits per heavy atom. The third-order valence-corrected chi connectivity index (χ3v) is 2.69. The van der Waals surface area contributed by atoms with Crippen molar-refractivity contribution in [1.29, 1.82) is 0 Å². The van der Waals surface area contributed by atoms with Gasteiger partial charge in [-0.1, -0.05) is 5.57 Å². The first-order valence-corrected chi connectivity index (χ1v) is 5.46. The molecule has 0 saturated heterocycles. The zero-order valence-electron chi connectivity index (χ0n) is 7.99. The quantitative estimate of drug-likeness (QED) is 0.718. The molecular weight excluding hydrogens is 180 g/mol. The summed E-state index contributed by atoms with van der Waals surface area (Å²) in [5.74, 6) is 0. The molecule has 0 aliphatic carbocycles. The van der Waals surface area contributed by atoms with Crippen LogP contribution < -0.4 is 0 Å². The minimum Gasteiger partial charge on any atom is -0.393 e. The van der Waals surface area contributed by atoms with Gasteiger partial charge in [0.2, 0.25) is 0 Å². The Bertz CT molecular complexity index is 251. The molecule has 0 aliphatic heterocycles.